The third-order valence-corrected chi connectivity index (χ3v) is 4.02. The van der Waals surface area contributed by atoms with Crippen LogP contribution in [0.1, 0.15) is 45.4 Å². The Labute approximate surface area is 162 Å². The topological polar surface area (TPSA) is 87.0 Å². The average molecular weight is 376 g/mol. The zero-order valence-electron chi connectivity index (χ0n) is 16.0. The predicted molar refractivity (Wildman–Crippen MR) is 107 cm³/mol. The van der Waals surface area contributed by atoms with Gasteiger partial charge in [0.15, 0.2) is 0 Å². The summed E-state index contributed by atoms with van der Waals surface area (Å²) >= 11 is 0. The lowest BCUT2D eigenvalue weighted by Gasteiger charge is -2.12. The van der Waals surface area contributed by atoms with Crippen LogP contribution in [0.2, 0.25) is 0 Å². The Kier molecular flexibility index (Phi) is 12.1. The number of cyclic esters (lactones) is 1. The van der Waals surface area contributed by atoms with E-state index in [9.17, 15) is 20.1 Å². The first kappa shape index (κ1) is 23.1. The molecule has 1 rings (SSSR count). The molecule has 0 unspecified atom stereocenters. The summed E-state index contributed by atoms with van der Waals surface area (Å²) in [4.78, 5) is 11.7. The SMILES string of the molecule is C[C@@H]1CCC/C=C/[C@H](O)C[C@@H](O)C/C=C\C=C\[C@H](O)C/C=C/C=C\C(=O)O1. The van der Waals surface area contributed by atoms with Crippen molar-refractivity contribution in [3.8, 4) is 0 Å². The van der Waals surface area contributed by atoms with Crippen molar-refractivity contribution in [2.45, 2.75) is 69.9 Å². The lowest BCUT2D eigenvalue weighted by molar-refractivity contribution is -0.142. The number of aliphatic hydroxyl groups excluding tert-OH is 3. The summed E-state index contributed by atoms with van der Waals surface area (Å²) in [5.74, 6) is -0.389. The van der Waals surface area contributed by atoms with Crippen molar-refractivity contribution in [3.05, 3.63) is 60.8 Å². The van der Waals surface area contributed by atoms with Crippen LogP contribution in [0.5, 0.6) is 0 Å². The van der Waals surface area contributed by atoms with Crippen molar-refractivity contribution in [1.82, 2.24) is 0 Å². The summed E-state index contributed by atoms with van der Waals surface area (Å²) in [7, 11) is 0. The highest BCUT2D eigenvalue weighted by atomic mass is 16.5. The summed E-state index contributed by atoms with van der Waals surface area (Å²) in [6.07, 6.45) is 18.4. The second-order valence-corrected chi connectivity index (χ2v) is 6.70. The minimum Gasteiger partial charge on any atom is -0.460 e. The van der Waals surface area contributed by atoms with Gasteiger partial charge in [-0.3, -0.25) is 0 Å². The molecule has 3 N–H and O–H groups in total. The highest BCUT2D eigenvalue weighted by molar-refractivity contribution is 5.82. The average Bonchev–Trinajstić information content (AvgIpc) is 2.60. The van der Waals surface area contributed by atoms with Crippen molar-refractivity contribution >= 4 is 5.97 Å². The molecule has 4 atom stereocenters. The molecular formula is C22H32O5. The zero-order valence-corrected chi connectivity index (χ0v) is 16.0. The molecule has 27 heavy (non-hydrogen) atoms. The minimum atomic E-state index is -0.684. The molecule has 0 spiro atoms. The smallest absolute Gasteiger partial charge is 0.331 e. The van der Waals surface area contributed by atoms with Crippen LogP contribution < -0.4 is 0 Å². The molecular weight excluding hydrogens is 344 g/mol. The van der Waals surface area contributed by atoms with Gasteiger partial charge in [0.05, 0.1) is 24.4 Å². The van der Waals surface area contributed by atoms with Crippen molar-refractivity contribution < 1.29 is 24.9 Å². The van der Waals surface area contributed by atoms with E-state index in [1.165, 1.54) is 6.08 Å². The molecule has 1 heterocycles. The molecule has 1 aliphatic heterocycles. The number of carbonyl (C=O) groups excluding carboxylic acids is 1. The van der Waals surface area contributed by atoms with Gasteiger partial charge in [0, 0.05) is 12.5 Å². The molecule has 0 radical (unpaired) electrons. The summed E-state index contributed by atoms with van der Waals surface area (Å²) in [5, 5.41) is 29.7. The van der Waals surface area contributed by atoms with Crippen molar-refractivity contribution in [3.63, 3.8) is 0 Å². The van der Waals surface area contributed by atoms with E-state index in [0.717, 1.165) is 19.3 Å². The Morgan fingerprint density at radius 3 is 2.48 bits per heavy atom. The van der Waals surface area contributed by atoms with Gasteiger partial charge >= 0.3 is 5.97 Å². The summed E-state index contributed by atoms with van der Waals surface area (Å²) in [5.41, 5.74) is 0. The van der Waals surface area contributed by atoms with Crippen LogP contribution in [-0.4, -0.2) is 45.7 Å². The van der Waals surface area contributed by atoms with Gasteiger partial charge in [-0.15, -0.1) is 0 Å². The normalized spacial score (nSPS) is 35.6. The van der Waals surface area contributed by atoms with Crippen LogP contribution >= 0.6 is 0 Å². The molecule has 0 aromatic heterocycles. The Bertz CT molecular complexity index is 559. The van der Waals surface area contributed by atoms with Crippen LogP contribution in [0.3, 0.4) is 0 Å². The van der Waals surface area contributed by atoms with Crippen LogP contribution in [0.4, 0.5) is 0 Å². The van der Waals surface area contributed by atoms with E-state index in [2.05, 4.69) is 0 Å². The van der Waals surface area contributed by atoms with Gasteiger partial charge < -0.3 is 20.1 Å². The van der Waals surface area contributed by atoms with Gasteiger partial charge in [-0.05, 0) is 39.0 Å². The number of carbonyl (C=O) groups is 1. The monoisotopic (exact) mass is 376 g/mol. The number of esters is 1. The van der Waals surface area contributed by atoms with Gasteiger partial charge in [-0.25, -0.2) is 4.79 Å². The molecule has 1 aliphatic rings. The van der Waals surface area contributed by atoms with Crippen LogP contribution in [0.15, 0.2) is 60.8 Å². The molecule has 0 amide bonds. The third-order valence-electron chi connectivity index (χ3n) is 4.02. The zero-order chi connectivity index (χ0) is 19.9. The lowest BCUT2D eigenvalue weighted by Crippen LogP contribution is -2.15. The van der Waals surface area contributed by atoms with Gasteiger partial charge in [0.2, 0.25) is 0 Å². The first-order valence-corrected chi connectivity index (χ1v) is 9.55. The van der Waals surface area contributed by atoms with E-state index < -0.39 is 18.3 Å². The molecule has 0 bridgehead atoms. The summed E-state index contributed by atoms with van der Waals surface area (Å²) < 4.78 is 5.28. The number of hydrogen-bond donors (Lipinski definition) is 3. The predicted octanol–water partition coefficient (Wildman–Crippen LogP) is 3.14. The summed E-state index contributed by atoms with van der Waals surface area (Å²) in [6.45, 7) is 1.85. The molecule has 0 saturated heterocycles. The van der Waals surface area contributed by atoms with E-state index in [4.69, 9.17) is 4.74 Å². The first-order chi connectivity index (χ1) is 13.0. The largest absolute Gasteiger partial charge is 0.460 e. The fourth-order valence-electron chi connectivity index (χ4n) is 2.54. The maximum Gasteiger partial charge on any atom is 0.331 e. The Morgan fingerprint density at radius 2 is 1.67 bits per heavy atom. The standard InChI is InChI=1S/C22H32O5/c1-18-11-5-2-8-14-20(24)17-21(25)15-9-3-6-12-19(23)13-7-4-10-16-22(26)27-18/h3-4,6-10,12,14,16,18-21,23-25H,2,5,11,13,15,17H2,1H3/b7-4+,9-3-,12-6+,14-8+,16-10-/t18-,19+,20+,21+/m1/s1. The lowest BCUT2D eigenvalue weighted by atomic mass is 10.1. The third kappa shape index (κ3) is 12.9. The van der Waals surface area contributed by atoms with E-state index in [1.807, 2.05) is 19.1 Å². The highest BCUT2D eigenvalue weighted by Crippen LogP contribution is 2.09. The van der Waals surface area contributed by atoms with Gasteiger partial charge in [0.25, 0.3) is 0 Å². The Balaban J connectivity index is 2.65. The fraction of sp³-hybridized carbons (Fsp3) is 0.500. The first-order valence-electron chi connectivity index (χ1n) is 9.55. The van der Waals surface area contributed by atoms with Crippen molar-refractivity contribution in [2.24, 2.45) is 0 Å². The van der Waals surface area contributed by atoms with Crippen LogP contribution in [0, 0.1) is 0 Å². The summed E-state index contributed by atoms with van der Waals surface area (Å²) in [6, 6.07) is 0. The Hall–Kier alpha value is -1.95. The van der Waals surface area contributed by atoms with E-state index in [0.29, 0.717) is 12.8 Å². The number of aliphatic hydroxyl groups is 3. The molecule has 0 saturated carbocycles. The minimum absolute atomic E-state index is 0.178. The molecule has 0 aromatic rings. The second-order valence-electron chi connectivity index (χ2n) is 6.70. The van der Waals surface area contributed by atoms with Gasteiger partial charge in [-0.2, -0.15) is 0 Å². The van der Waals surface area contributed by atoms with Gasteiger partial charge in [-0.1, -0.05) is 54.7 Å². The number of ether oxygens (including phenoxy) is 1. The number of rotatable bonds is 0. The number of allylic oxidation sites excluding steroid dienone is 5. The van der Waals surface area contributed by atoms with Crippen LogP contribution in [0.25, 0.3) is 0 Å². The molecule has 0 aliphatic carbocycles. The molecule has 0 aromatic carbocycles. The van der Waals surface area contributed by atoms with E-state index in [1.54, 1.807) is 42.5 Å². The van der Waals surface area contributed by atoms with Crippen LogP contribution in [-0.2, 0) is 9.53 Å². The van der Waals surface area contributed by atoms with Crippen molar-refractivity contribution in [2.75, 3.05) is 0 Å². The fourth-order valence-corrected chi connectivity index (χ4v) is 2.54. The number of hydrogen-bond acceptors (Lipinski definition) is 5. The molecule has 150 valence electrons. The Morgan fingerprint density at radius 1 is 0.926 bits per heavy atom. The van der Waals surface area contributed by atoms with E-state index in [-0.39, 0.29) is 18.5 Å². The van der Waals surface area contributed by atoms with Crippen molar-refractivity contribution in [1.29, 1.82) is 0 Å². The second kappa shape index (κ2) is 14.2. The molecule has 5 nitrogen and oxygen atoms in total. The van der Waals surface area contributed by atoms with E-state index >= 15 is 0 Å². The maximum atomic E-state index is 11.7. The van der Waals surface area contributed by atoms with Gasteiger partial charge in [0.1, 0.15) is 0 Å². The highest BCUT2D eigenvalue weighted by Gasteiger charge is 2.08. The maximum absolute atomic E-state index is 11.7. The quantitative estimate of drug-likeness (QED) is 0.447. The molecule has 0 fully saturated rings. The molecule has 5 heteroatoms.